The van der Waals surface area contributed by atoms with Crippen molar-refractivity contribution in [3.63, 3.8) is 0 Å². The summed E-state index contributed by atoms with van der Waals surface area (Å²) in [5.74, 6) is -0.333. The minimum Gasteiger partial charge on any atom is -0.381 e. The highest BCUT2D eigenvalue weighted by molar-refractivity contribution is 7.91. The minimum absolute atomic E-state index is 0.0843. The maximum absolute atomic E-state index is 12.9. The lowest BCUT2D eigenvalue weighted by Crippen LogP contribution is -2.23. The van der Waals surface area contributed by atoms with Gasteiger partial charge in [0, 0.05) is 23.9 Å². The van der Waals surface area contributed by atoms with E-state index in [2.05, 4.69) is 5.32 Å². The van der Waals surface area contributed by atoms with Crippen LogP contribution in [0.1, 0.15) is 12.0 Å². The molecule has 0 saturated carbocycles. The number of non-ortho nitro benzene ring substituents is 1. The zero-order valence-electron chi connectivity index (χ0n) is 10.6. The van der Waals surface area contributed by atoms with Crippen molar-refractivity contribution in [2.24, 2.45) is 0 Å². The maximum Gasteiger partial charge on any atom is 0.418 e. The van der Waals surface area contributed by atoms with Gasteiger partial charge in [0.2, 0.25) is 0 Å². The first-order valence-corrected chi connectivity index (χ1v) is 7.73. The topological polar surface area (TPSA) is 89.3 Å². The fraction of sp³-hybridized carbons (Fsp3) is 0.455. The Labute approximate surface area is 118 Å². The van der Waals surface area contributed by atoms with Crippen LogP contribution in [0.25, 0.3) is 0 Å². The van der Waals surface area contributed by atoms with Crippen molar-refractivity contribution < 1.29 is 26.5 Å². The van der Waals surface area contributed by atoms with E-state index in [0.29, 0.717) is 6.07 Å². The average molecular weight is 324 g/mol. The number of nitrogens with one attached hydrogen (secondary N) is 1. The molecule has 0 aliphatic carbocycles. The summed E-state index contributed by atoms with van der Waals surface area (Å²) in [6.07, 6.45) is -4.57. The molecule has 1 atom stereocenters. The van der Waals surface area contributed by atoms with E-state index < -0.39 is 38.2 Å². The summed E-state index contributed by atoms with van der Waals surface area (Å²) >= 11 is 0. The summed E-state index contributed by atoms with van der Waals surface area (Å²) in [5, 5.41) is 13.1. The number of nitrogens with zero attached hydrogens (tertiary/aromatic N) is 1. The molecule has 1 N–H and O–H groups in total. The second-order valence-corrected chi connectivity index (χ2v) is 6.96. The van der Waals surface area contributed by atoms with E-state index in [1.165, 1.54) is 0 Å². The molecule has 1 aromatic carbocycles. The SMILES string of the molecule is O=[N+]([O-])c1ccc(NC2CCS(=O)(=O)C2)c(C(F)(F)F)c1. The van der Waals surface area contributed by atoms with Gasteiger partial charge in [-0.3, -0.25) is 10.1 Å². The molecule has 1 aliphatic heterocycles. The van der Waals surface area contributed by atoms with Gasteiger partial charge in [0.15, 0.2) is 9.84 Å². The van der Waals surface area contributed by atoms with Crippen molar-refractivity contribution in [2.45, 2.75) is 18.6 Å². The van der Waals surface area contributed by atoms with Crippen LogP contribution in [-0.4, -0.2) is 30.9 Å². The number of anilines is 1. The number of nitro benzene ring substituents is 1. The summed E-state index contributed by atoms with van der Waals surface area (Å²) in [4.78, 5) is 9.64. The summed E-state index contributed by atoms with van der Waals surface area (Å²) < 4.78 is 61.4. The number of rotatable bonds is 3. The van der Waals surface area contributed by atoms with Crippen molar-refractivity contribution >= 4 is 21.2 Å². The zero-order chi connectivity index (χ0) is 15.8. The van der Waals surface area contributed by atoms with E-state index >= 15 is 0 Å². The standard InChI is InChI=1S/C11H11F3N2O4S/c12-11(13,14)9-5-8(16(17)18)1-2-10(9)15-7-3-4-21(19,20)6-7/h1-2,5,7,15H,3-4,6H2. The van der Waals surface area contributed by atoms with E-state index in [4.69, 9.17) is 0 Å². The maximum atomic E-state index is 12.9. The molecule has 1 unspecified atom stereocenters. The highest BCUT2D eigenvalue weighted by Gasteiger charge is 2.37. The third-order valence-electron chi connectivity index (χ3n) is 3.11. The average Bonchev–Trinajstić information content (AvgIpc) is 2.67. The van der Waals surface area contributed by atoms with Crippen LogP contribution in [0.2, 0.25) is 0 Å². The van der Waals surface area contributed by atoms with Gasteiger partial charge in [-0.05, 0) is 12.5 Å². The molecule has 0 bridgehead atoms. The van der Waals surface area contributed by atoms with Gasteiger partial charge in [-0.1, -0.05) is 0 Å². The molecule has 1 aliphatic rings. The molecule has 0 amide bonds. The van der Waals surface area contributed by atoms with Crippen LogP contribution in [0.3, 0.4) is 0 Å². The molecule has 6 nitrogen and oxygen atoms in total. The smallest absolute Gasteiger partial charge is 0.381 e. The lowest BCUT2D eigenvalue weighted by molar-refractivity contribution is -0.385. The van der Waals surface area contributed by atoms with Gasteiger partial charge in [0.25, 0.3) is 5.69 Å². The molecule has 0 spiro atoms. The van der Waals surface area contributed by atoms with Crippen LogP contribution < -0.4 is 5.32 Å². The number of hydrogen-bond acceptors (Lipinski definition) is 5. The van der Waals surface area contributed by atoms with E-state index in [1.54, 1.807) is 0 Å². The monoisotopic (exact) mass is 324 g/mol. The summed E-state index contributed by atoms with van der Waals surface area (Å²) in [5.41, 5.74) is -2.21. The Kier molecular flexibility index (Phi) is 3.83. The zero-order valence-corrected chi connectivity index (χ0v) is 11.4. The summed E-state index contributed by atoms with van der Waals surface area (Å²) in [6.45, 7) is 0. The second kappa shape index (κ2) is 5.17. The van der Waals surface area contributed by atoms with Gasteiger partial charge >= 0.3 is 6.18 Å². The number of hydrogen-bond donors (Lipinski definition) is 1. The van der Waals surface area contributed by atoms with Gasteiger partial charge < -0.3 is 5.32 Å². The Morgan fingerprint density at radius 1 is 1.33 bits per heavy atom. The first-order valence-electron chi connectivity index (χ1n) is 5.91. The fourth-order valence-corrected chi connectivity index (χ4v) is 3.81. The van der Waals surface area contributed by atoms with Crippen LogP contribution in [-0.2, 0) is 16.0 Å². The summed E-state index contributed by atoms with van der Waals surface area (Å²) in [7, 11) is -3.24. The van der Waals surface area contributed by atoms with Crippen LogP contribution >= 0.6 is 0 Å². The molecule has 21 heavy (non-hydrogen) atoms. The number of halogens is 3. The normalized spacial score (nSPS) is 21.2. The fourth-order valence-electron chi connectivity index (χ4n) is 2.13. The molecule has 1 aromatic rings. The van der Waals surface area contributed by atoms with Crippen LogP contribution in [0.5, 0.6) is 0 Å². The highest BCUT2D eigenvalue weighted by Crippen LogP contribution is 2.37. The minimum atomic E-state index is -4.77. The number of nitro groups is 1. The van der Waals surface area contributed by atoms with E-state index in [9.17, 15) is 31.7 Å². The Hall–Kier alpha value is -1.84. The third kappa shape index (κ3) is 3.63. The van der Waals surface area contributed by atoms with Crippen molar-refractivity contribution in [3.8, 4) is 0 Å². The van der Waals surface area contributed by atoms with Crippen LogP contribution in [0.15, 0.2) is 18.2 Å². The molecular formula is C11H11F3N2O4S. The van der Waals surface area contributed by atoms with Gasteiger partial charge in [0.05, 0.1) is 22.0 Å². The molecule has 1 heterocycles. The lowest BCUT2D eigenvalue weighted by atomic mass is 10.1. The van der Waals surface area contributed by atoms with Crippen LogP contribution in [0, 0.1) is 10.1 Å². The molecule has 0 radical (unpaired) electrons. The van der Waals surface area contributed by atoms with Gasteiger partial charge in [-0.25, -0.2) is 8.42 Å². The Morgan fingerprint density at radius 3 is 2.48 bits per heavy atom. The third-order valence-corrected chi connectivity index (χ3v) is 4.88. The van der Waals surface area contributed by atoms with E-state index in [1.807, 2.05) is 0 Å². The first kappa shape index (κ1) is 15.5. The van der Waals surface area contributed by atoms with Crippen molar-refractivity contribution in [3.05, 3.63) is 33.9 Å². The molecule has 0 aromatic heterocycles. The molecule has 1 saturated heterocycles. The van der Waals surface area contributed by atoms with E-state index in [0.717, 1.165) is 12.1 Å². The first-order chi connectivity index (χ1) is 9.58. The van der Waals surface area contributed by atoms with Crippen molar-refractivity contribution in [1.82, 2.24) is 0 Å². The van der Waals surface area contributed by atoms with Crippen molar-refractivity contribution in [2.75, 3.05) is 16.8 Å². The van der Waals surface area contributed by atoms with Gasteiger partial charge in [-0.2, -0.15) is 13.2 Å². The van der Waals surface area contributed by atoms with Crippen LogP contribution in [0.4, 0.5) is 24.5 Å². The lowest BCUT2D eigenvalue weighted by Gasteiger charge is -2.17. The number of benzene rings is 1. The Balaban J connectivity index is 2.33. The quantitative estimate of drug-likeness (QED) is 0.680. The highest BCUT2D eigenvalue weighted by atomic mass is 32.2. The number of sulfone groups is 1. The molecule has 1 fully saturated rings. The van der Waals surface area contributed by atoms with Gasteiger partial charge in [-0.15, -0.1) is 0 Å². The Morgan fingerprint density at radius 2 is 2.00 bits per heavy atom. The van der Waals surface area contributed by atoms with E-state index in [-0.39, 0.29) is 23.6 Å². The molecule has 10 heteroatoms. The predicted octanol–water partition coefficient (Wildman–Crippen LogP) is 2.21. The second-order valence-electron chi connectivity index (χ2n) is 4.73. The molecule has 116 valence electrons. The van der Waals surface area contributed by atoms with Crippen molar-refractivity contribution in [1.29, 1.82) is 0 Å². The Bertz CT molecular complexity index is 673. The molecule has 2 rings (SSSR count). The predicted molar refractivity (Wildman–Crippen MR) is 68.8 cm³/mol. The molecular weight excluding hydrogens is 313 g/mol. The largest absolute Gasteiger partial charge is 0.418 e. The number of alkyl halides is 3. The summed E-state index contributed by atoms with van der Waals surface area (Å²) in [6, 6.07) is 1.70. The van der Waals surface area contributed by atoms with Gasteiger partial charge in [0.1, 0.15) is 0 Å².